The molecule has 1 aromatic heterocycles. The maximum absolute atomic E-state index is 13.5. The highest BCUT2D eigenvalue weighted by molar-refractivity contribution is 6.00. The zero-order valence-corrected chi connectivity index (χ0v) is 19.7. The Hall–Kier alpha value is -2.63. The van der Waals surface area contributed by atoms with E-state index >= 15 is 0 Å². The summed E-state index contributed by atoms with van der Waals surface area (Å²) in [6.45, 7) is 6.81. The zero-order chi connectivity index (χ0) is 22.7. The molecule has 1 fully saturated rings. The molecule has 2 heterocycles. The van der Waals surface area contributed by atoms with Crippen molar-refractivity contribution in [1.29, 1.82) is 0 Å². The molecule has 1 aliphatic carbocycles. The molecule has 6 heteroatoms. The fourth-order valence-corrected chi connectivity index (χ4v) is 5.13. The predicted octanol–water partition coefficient (Wildman–Crippen LogP) is 4.58. The van der Waals surface area contributed by atoms with Crippen LogP contribution in [0.3, 0.4) is 0 Å². The Labute approximate surface area is 191 Å². The summed E-state index contributed by atoms with van der Waals surface area (Å²) in [4.78, 5) is 28.6. The molecule has 1 saturated carbocycles. The van der Waals surface area contributed by atoms with E-state index in [0.717, 1.165) is 43.4 Å². The van der Waals surface area contributed by atoms with Crippen LogP contribution >= 0.6 is 0 Å². The maximum atomic E-state index is 13.5. The number of nitrogens with zero attached hydrogens (tertiary/aromatic N) is 3. The predicted molar refractivity (Wildman–Crippen MR) is 126 cm³/mol. The lowest BCUT2D eigenvalue weighted by Crippen LogP contribution is -2.65. The number of aryl methyl sites for hydroxylation is 1. The monoisotopic (exact) mass is 436 g/mol. The summed E-state index contributed by atoms with van der Waals surface area (Å²) in [5, 5.41) is 8.03. The summed E-state index contributed by atoms with van der Waals surface area (Å²) in [5.74, 6) is -0.189. The first-order chi connectivity index (χ1) is 15.5. The van der Waals surface area contributed by atoms with Gasteiger partial charge >= 0.3 is 0 Å². The second-order valence-corrected chi connectivity index (χ2v) is 9.46. The Morgan fingerprint density at radius 2 is 1.75 bits per heavy atom. The van der Waals surface area contributed by atoms with Crippen molar-refractivity contribution in [2.45, 2.75) is 90.3 Å². The highest BCUT2D eigenvalue weighted by Gasteiger charge is 2.47. The molecule has 172 valence electrons. The van der Waals surface area contributed by atoms with Crippen LogP contribution in [0.2, 0.25) is 0 Å². The van der Waals surface area contributed by atoms with Crippen LogP contribution in [-0.4, -0.2) is 44.6 Å². The molecule has 2 aliphatic rings. The van der Waals surface area contributed by atoms with Gasteiger partial charge in [0, 0.05) is 18.2 Å². The van der Waals surface area contributed by atoms with Crippen molar-refractivity contribution in [3.63, 3.8) is 0 Å². The normalized spacial score (nSPS) is 22.2. The maximum Gasteiger partial charge on any atom is 0.273 e. The van der Waals surface area contributed by atoms with Crippen LogP contribution < -0.4 is 5.32 Å². The third kappa shape index (κ3) is 4.32. The summed E-state index contributed by atoms with van der Waals surface area (Å²) >= 11 is 0. The van der Waals surface area contributed by atoms with E-state index in [2.05, 4.69) is 36.5 Å². The average Bonchev–Trinajstić information content (AvgIpc) is 3.19. The number of hydrogen-bond donors (Lipinski definition) is 1. The van der Waals surface area contributed by atoms with E-state index in [0.29, 0.717) is 18.8 Å². The lowest BCUT2D eigenvalue weighted by molar-refractivity contribution is -0.133. The van der Waals surface area contributed by atoms with Crippen LogP contribution in [0.4, 0.5) is 0 Å². The second-order valence-electron chi connectivity index (χ2n) is 9.46. The van der Waals surface area contributed by atoms with Crippen molar-refractivity contribution in [3.05, 3.63) is 41.6 Å². The summed E-state index contributed by atoms with van der Waals surface area (Å²) in [5.41, 5.74) is 2.63. The van der Waals surface area contributed by atoms with Crippen molar-refractivity contribution in [2.24, 2.45) is 0 Å². The number of aromatic nitrogens is 2. The van der Waals surface area contributed by atoms with Gasteiger partial charge in [0.1, 0.15) is 11.2 Å². The van der Waals surface area contributed by atoms with Crippen LogP contribution in [0, 0.1) is 0 Å². The van der Waals surface area contributed by atoms with Gasteiger partial charge in [-0.25, -0.2) is 0 Å². The van der Waals surface area contributed by atoms with Gasteiger partial charge in [0.2, 0.25) is 5.91 Å². The number of fused-ring (bicyclic) bond motifs is 1. The van der Waals surface area contributed by atoms with Crippen molar-refractivity contribution in [2.75, 3.05) is 6.54 Å². The standard InChI is InChI=1S/C26H36N4O2/c1-4-19-13-15-20(16-14-19)22-17-23-24(31)29(5-2)26(3,18-30(23)28-22)25(32)27-21-11-9-7-6-8-10-12-21/h13-17,21H,4-12,18H2,1-3H3,(H,27,32)/t26-/m1/s1. The van der Waals surface area contributed by atoms with Crippen LogP contribution in [0.25, 0.3) is 11.3 Å². The van der Waals surface area contributed by atoms with Crippen molar-refractivity contribution < 1.29 is 9.59 Å². The molecule has 0 radical (unpaired) electrons. The molecule has 0 saturated heterocycles. The molecule has 4 rings (SSSR count). The molecule has 1 aliphatic heterocycles. The smallest absolute Gasteiger partial charge is 0.273 e. The van der Waals surface area contributed by atoms with Gasteiger partial charge in [0.05, 0.1) is 12.2 Å². The molecule has 0 spiro atoms. The fraction of sp³-hybridized carbons (Fsp3) is 0.577. The van der Waals surface area contributed by atoms with E-state index in [-0.39, 0.29) is 17.9 Å². The second kappa shape index (κ2) is 9.47. The molecule has 1 N–H and O–H groups in total. The van der Waals surface area contributed by atoms with E-state index in [1.54, 1.807) is 9.58 Å². The first-order valence-electron chi connectivity index (χ1n) is 12.3. The van der Waals surface area contributed by atoms with Crippen LogP contribution in [0.5, 0.6) is 0 Å². The van der Waals surface area contributed by atoms with Crippen molar-refractivity contribution >= 4 is 11.8 Å². The van der Waals surface area contributed by atoms with E-state index in [1.165, 1.54) is 24.8 Å². The van der Waals surface area contributed by atoms with Gasteiger partial charge in [-0.05, 0) is 44.7 Å². The quantitative estimate of drug-likeness (QED) is 0.746. The largest absolute Gasteiger partial charge is 0.351 e. The Bertz CT molecular complexity index is 957. The Morgan fingerprint density at radius 3 is 2.38 bits per heavy atom. The molecule has 1 atom stereocenters. The topological polar surface area (TPSA) is 67.2 Å². The number of carbonyl (C=O) groups excluding carboxylic acids is 2. The molecule has 0 bridgehead atoms. The summed E-state index contributed by atoms with van der Waals surface area (Å²) in [6.07, 6.45) is 9.10. The minimum atomic E-state index is -0.948. The fourth-order valence-electron chi connectivity index (χ4n) is 5.13. The Kier molecular flexibility index (Phi) is 6.68. The first-order valence-corrected chi connectivity index (χ1v) is 12.3. The van der Waals surface area contributed by atoms with Crippen LogP contribution in [-0.2, 0) is 17.8 Å². The lowest BCUT2D eigenvalue weighted by Gasteiger charge is -2.43. The Balaban J connectivity index is 1.58. The minimum Gasteiger partial charge on any atom is -0.351 e. The van der Waals surface area contributed by atoms with Gasteiger partial charge in [0.25, 0.3) is 5.91 Å². The minimum absolute atomic E-state index is 0.0618. The SMILES string of the molecule is CCc1ccc(-c2cc3n(n2)C[C@](C)(C(=O)NC2CCCCCCC2)N(CC)C3=O)cc1. The molecule has 2 aromatic rings. The number of benzene rings is 1. The van der Waals surface area contributed by atoms with Gasteiger partial charge < -0.3 is 10.2 Å². The number of likely N-dealkylation sites (N-methyl/N-ethyl adjacent to an activating group) is 1. The third-order valence-electron chi connectivity index (χ3n) is 7.20. The number of nitrogens with one attached hydrogen (secondary N) is 1. The van der Waals surface area contributed by atoms with E-state index < -0.39 is 5.54 Å². The molecule has 0 unspecified atom stereocenters. The van der Waals surface area contributed by atoms with Gasteiger partial charge in [-0.1, -0.05) is 63.3 Å². The molecular formula is C26H36N4O2. The summed E-state index contributed by atoms with van der Waals surface area (Å²) in [7, 11) is 0. The van der Waals surface area contributed by atoms with Crippen LogP contribution in [0.15, 0.2) is 30.3 Å². The van der Waals surface area contributed by atoms with E-state index in [1.807, 2.05) is 19.9 Å². The van der Waals surface area contributed by atoms with Gasteiger partial charge in [-0.2, -0.15) is 5.10 Å². The average molecular weight is 437 g/mol. The summed E-state index contributed by atoms with van der Waals surface area (Å²) < 4.78 is 1.73. The van der Waals surface area contributed by atoms with Gasteiger partial charge in [-0.3, -0.25) is 14.3 Å². The van der Waals surface area contributed by atoms with Gasteiger partial charge in [0.15, 0.2) is 0 Å². The third-order valence-corrected chi connectivity index (χ3v) is 7.20. The highest BCUT2D eigenvalue weighted by atomic mass is 16.2. The van der Waals surface area contributed by atoms with Crippen LogP contribution in [0.1, 0.15) is 81.8 Å². The molecule has 1 aromatic carbocycles. The van der Waals surface area contributed by atoms with E-state index in [4.69, 9.17) is 5.10 Å². The Morgan fingerprint density at radius 1 is 1.09 bits per heavy atom. The van der Waals surface area contributed by atoms with Gasteiger partial charge in [-0.15, -0.1) is 0 Å². The summed E-state index contributed by atoms with van der Waals surface area (Å²) in [6, 6.07) is 10.4. The van der Waals surface area contributed by atoms with Crippen molar-refractivity contribution in [1.82, 2.24) is 20.0 Å². The highest BCUT2D eigenvalue weighted by Crippen LogP contribution is 2.30. The number of rotatable bonds is 5. The van der Waals surface area contributed by atoms with E-state index in [9.17, 15) is 9.59 Å². The molecular weight excluding hydrogens is 400 g/mol. The molecule has 2 amide bonds. The number of amides is 2. The lowest BCUT2D eigenvalue weighted by atomic mass is 9.92. The molecule has 6 nitrogen and oxygen atoms in total. The first kappa shape index (κ1) is 22.6. The number of carbonyl (C=O) groups is 2. The zero-order valence-electron chi connectivity index (χ0n) is 19.7. The molecule has 32 heavy (non-hydrogen) atoms. The van der Waals surface area contributed by atoms with Crippen molar-refractivity contribution in [3.8, 4) is 11.3 Å². The number of hydrogen-bond acceptors (Lipinski definition) is 3.